The van der Waals surface area contributed by atoms with E-state index in [2.05, 4.69) is 10.9 Å². The number of nitrogens with one attached hydrogen (secondary N) is 2. The summed E-state index contributed by atoms with van der Waals surface area (Å²) in [6, 6.07) is 19.8. The summed E-state index contributed by atoms with van der Waals surface area (Å²) in [5.41, 5.74) is 6.99. The average molecular weight is 468 g/mol. The Morgan fingerprint density at radius 2 is 1.48 bits per heavy atom. The third kappa shape index (κ3) is 5.76. The van der Waals surface area contributed by atoms with Crippen molar-refractivity contribution in [2.75, 3.05) is 14.2 Å². The van der Waals surface area contributed by atoms with Crippen molar-refractivity contribution >= 4 is 21.8 Å². The summed E-state index contributed by atoms with van der Waals surface area (Å²) < 4.78 is 31.9. The lowest BCUT2D eigenvalue weighted by Crippen LogP contribution is -2.41. The molecule has 9 heteroatoms. The lowest BCUT2D eigenvalue weighted by atomic mass is 10.1. The number of ether oxygens (including phenoxy) is 1. The number of sulfonamides is 1. The summed E-state index contributed by atoms with van der Waals surface area (Å²) in [6.45, 7) is 2.03. The third-order valence-corrected chi connectivity index (χ3v) is 6.81. The molecule has 3 rings (SSSR count). The number of hydrazine groups is 1. The zero-order valence-electron chi connectivity index (χ0n) is 18.5. The third-order valence-electron chi connectivity index (χ3n) is 4.99. The Morgan fingerprint density at radius 3 is 2.12 bits per heavy atom. The molecule has 3 aromatic rings. The van der Waals surface area contributed by atoms with E-state index in [4.69, 9.17) is 4.74 Å². The Hall–Kier alpha value is -3.69. The minimum absolute atomic E-state index is 0.142. The molecule has 0 atom stereocenters. The number of carbonyl (C=O) groups excluding carboxylic acids is 2. The SMILES string of the molecule is COc1ccccc1C(=O)NNC(=O)c1ccc(CN(C)S(=O)(=O)c2ccc(C)cc2)cc1. The Morgan fingerprint density at radius 1 is 0.879 bits per heavy atom. The molecule has 0 aliphatic carbocycles. The molecule has 8 nitrogen and oxygen atoms in total. The Bertz CT molecular complexity index is 1240. The quantitative estimate of drug-likeness (QED) is 0.520. The molecule has 0 saturated heterocycles. The zero-order chi connectivity index (χ0) is 24.0. The number of methoxy groups -OCH3 is 1. The zero-order valence-corrected chi connectivity index (χ0v) is 19.3. The van der Waals surface area contributed by atoms with Crippen molar-refractivity contribution in [1.29, 1.82) is 0 Å². The number of aryl methyl sites for hydroxylation is 1. The molecule has 0 aliphatic rings. The number of hydrogen-bond donors (Lipinski definition) is 2. The summed E-state index contributed by atoms with van der Waals surface area (Å²) in [5.74, 6) is -0.635. The Balaban J connectivity index is 1.60. The minimum Gasteiger partial charge on any atom is -0.496 e. The van der Waals surface area contributed by atoms with E-state index in [1.165, 1.54) is 18.5 Å². The number of amides is 2. The second-order valence-corrected chi connectivity index (χ2v) is 9.42. The largest absolute Gasteiger partial charge is 0.496 e. The van der Waals surface area contributed by atoms with Gasteiger partial charge in [0.15, 0.2) is 0 Å². The fourth-order valence-corrected chi connectivity index (χ4v) is 4.24. The molecule has 172 valence electrons. The van der Waals surface area contributed by atoms with Gasteiger partial charge in [0.05, 0.1) is 17.6 Å². The van der Waals surface area contributed by atoms with Crippen LogP contribution in [0.15, 0.2) is 77.7 Å². The topological polar surface area (TPSA) is 105 Å². The molecule has 3 aromatic carbocycles. The van der Waals surface area contributed by atoms with E-state index in [9.17, 15) is 18.0 Å². The van der Waals surface area contributed by atoms with Crippen LogP contribution in [0.5, 0.6) is 5.75 Å². The smallest absolute Gasteiger partial charge is 0.273 e. The normalized spacial score (nSPS) is 11.2. The van der Waals surface area contributed by atoms with Gasteiger partial charge in [-0.25, -0.2) is 8.42 Å². The molecule has 2 N–H and O–H groups in total. The first kappa shape index (κ1) is 24.0. The highest BCUT2D eigenvalue weighted by atomic mass is 32.2. The molecule has 0 fully saturated rings. The van der Waals surface area contributed by atoms with Gasteiger partial charge in [-0.2, -0.15) is 4.31 Å². The van der Waals surface area contributed by atoms with Crippen LogP contribution >= 0.6 is 0 Å². The summed E-state index contributed by atoms with van der Waals surface area (Å²) in [7, 11) is -0.677. The van der Waals surface area contributed by atoms with Crippen molar-refractivity contribution in [2.24, 2.45) is 0 Å². The first-order chi connectivity index (χ1) is 15.7. The maximum absolute atomic E-state index is 12.7. The molecule has 0 radical (unpaired) electrons. The molecule has 0 aromatic heterocycles. The fourth-order valence-electron chi connectivity index (χ4n) is 3.08. The van der Waals surface area contributed by atoms with Crippen LogP contribution < -0.4 is 15.6 Å². The van der Waals surface area contributed by atoms with Gasteiger partial charge in [0.25, 0.3) is 11.8 Å². The number of rotatable bonds is 7. The predicted octanol–water partition coefficient (Wildman–Crippen LogP) is 2.90. The first-order valence-electron chi connectivity index (χ1n) is 10.1. The van der Waals surface area contributed by atoms with Crippen molar-refractivity contribution in [1.82, 2.24) is 15.2 Å². The van der Waals surface area contributed by atoms with Crippen LogP contribution in [0, 0.1) is 6.92 Å². The van der Waals surface area contributed by atoms with E-state index in [1.807, 2.05) is 6.92 Å². The van der Waals surface area contributed by atoms with E-state index in [1.54, 1.807) is 72.8 Å². The van der Waals surface area contributed by atoms with Gasteiger partial charge >= 0.3 is 0 Å². The predicted molar refractivity (Wildman–Crippen MR) is 124 cm³/mol. The van der Waals surface area contributed by atoms with Crippen LogP contribution in [-0.2, 0) is 16.6 Å². The highest BCUT2D eigenvalue weighted by molar-refractivity contribution is 7.89. The van der Waals surface area contributed by atoms with Crippen LogP contribution in [0.4, 0.5) is 0 Å². The Kier molecular flexibility index (Phi) is 7.47. The van der Waals surface area contributed by atoms with Gasteiger partial charge in [-0.15, -0.1) is 0 Å². The molecular formula is C24H25N3O5S. The number of para-hydroxylation sites is 1. The monoisotopic (exact) mass is 467 g/mol. The van der Waals surface area contributed by atoms with E-state index in [0.717, 1.165) is 5.56 Å². The number of benzene rings is 3. The van der Waals surface area contributed by atoms with E-state index < -0.39 is 21.8 Å². The van der Waals surface area contributed by atoms with Crippen molar-refractivity contribution in [3.8, 4) is 5.75 Å². The van der Waals surface area contributed by atoms with Gasteiger partial charge < -0.3 is 4.74 Å². The molecule has 0 saturated carbocycles. The summed E-state index contributed by atoms with van der Waals surface area (Å²) >= 11 is 0. The second kappa shape index (κ2) is 10.3. The van der Waals surface area contributed by atoms with Crippen LogP contribution in [0.25, 0.3) is 0 Å². The van der Waals surface area contributed by atoms with Crippen LogP contribution in [-0.4, -0.2) is 38.7 Å². The van der Waals surface area contributed by atoms with Crippen molar-refractivity contribution in [3.63, 3.8) is 0 Å². The van der Waals surface area contributed by atoms with E-state index >= 15 is 0 Å². The van der Waals surface area contributed by atoms with E-state index in [0.29, 0.717) is 16.9 Å². The van der Waals surface area contributed by atoms with Gasteiger partial charge in [0, 0.05) is 19.2 Å². The summed E-state index contributed by atoms with van der Waals surface area (Å²) in [5, 5.41) is 0. The molecule has 0 bridgehead atoms. The summed E-state index contributed by atoms with van der Waals surface area (Å²) in [6.07, 6.45) is 0. The van der Waals surface area contributed by atoms with Crippen LogP contribution in [0.3, 0.4) is 0 Å². The van der Waals surface area contributed by atoms with Crippen molar-refractivity contribution in [2.45, 2.75) is 18.4 Å². The van der Waals surface area contributed by atoms with Crippen molar-refractivity contribution in [3.05, 3.63) is 95.1 Å². The van der Waals surface area contributed by atoms with Gasteiger partial charge in [-0.1, -0.05) is 42.0 Å². The molecule has 0 aliphatic heterocycles. The number of carbonyl (C=O) groups is 2. The molecule has 0 unspecified atom stereocenters. The minimum atomic E-state index is -3.63. The van der Waals surface area contributed by atoms with Crippen LogP contribution in [0.2, 0.25) is 0 Å². The highest BCUT2D eigenvalue weighted by Gasteiger charge is 2.21. The molecule has 33 heavy (non-hydrogen) atoms. The lowest BCUT2D eigenvalue weighted by Gasteiger charge is -2.17. The standard InChI is InChI=1S/C24H25N3O5S/c1-17-8-14-20(15-9-17)33(30,31)27(2)16-18-10-12-19(13-11-18)23(28)25-26-24(29)21-6-4-5-7-22(21)32-3/h4-15H,16H2,1-3H3,(H,25,28)(H,26,29). The number of nitrogens with zero attached hydrogens (tertiary/aromatic N) is 1. The van der Waals surface area contributed by atoms with Gasteiger partial charge in [0.1, 0.15) is 5.75 Å². The highest BCUT2D eigenvalue weighted by Crippen LogP contribution is 2.18. The molecule has 0 spiro atoms. The van der Waals surface area contributed by atoms with E-state index in [-0.39, 0.29) is 17.0 Å². The van der Waals surface area contributed by atoms with Gasteiger partial charge in [-0.05, 0) is 48.9 Å². The van der Waals surface area contributed by atoms with Crippen LogP contribution in [0.1, 0.15) is 31.8 Å². The van der Waals surface area contributed by atoms with Gasteiger partial charge in [0.2, 0.25) is 10.0 Å². The molecule has 0 heterocycles. The number of hydrogen-bond acceptors (Lipinski definition) is 5. The lowest BCUT2D eigenvalue weighted by molar-refractivity contribution is 0.0845. The average Bonchev–Trinajstić information content (AvgIpc) is 2.83. The maximum atomic E-state index is 12.7. The maximum Gasteiger partial charge on any atom is 0.273 e. The first-order valence-corrected chi connectivity index (χ1v) is 11.5. The van der Waals surface area contributed by atoms with Gasteiger partial charge in [-0.3, -0.25) is 20.4 Å². The van der Waals surface area contributed by atoms with Crippen molar-refractivity contribution < 1.29 is 22.7 Å². The summed E-state index contributed by atoms with van der Waals surface area (Å²) in [4.78, 5) is 24.9. The molecular weight excluding hydrogens is 442 g/mol. The molecule has 2 amide bonds. The Labute approximate surface area is 193 Å². The second-order valence-electron chi connectivity index (χ2n) is 7.38. The fraction of sp³-hybridized carbons (Fsp3) is 0.167.